The van der Waals surface area contributed by atoms with Crippen LogP contribution in [0.25, 0.3) is 0 Å². The van der Waals surface area contributed by atoms with Crippen molar-refractivity contribution in [2.45, 2.75) is 13.0 Å². The monoisotopic (exact) mass is 339 g/mol. The predicted octanol–water partition coefficient (Wildman–Crippen LogP) is 1.70. The van der Waals surface area contributed by atoms with Crippen LogP contribution in [0.5, 0.6) is 0 Å². The molecular formula is C15H22BrN3O. The zero-order valence-corrected chi connectivity index (χ0v) is 13.5. The quantitative estimate of drug-likeness (QED) is 0.906. The fourth-order valence-electron chi connectivity index (χ4n) is 2.38. The van der Waals surface area contributed by atoms with Gasteiger partial charge in [0.25, 0.3) is 0 Å². The zero-order chi connectivity index (χ0) is 14.4. The van der Waals surface area contributed by atoms with E-state index in [0.29, 0.717) is 6.54 Å². The summed E-state index contributed by atoms with van der Waals surface area (Å²) in [5, 5.41) is 3.32. The van der Waals surface area contributed by atoms with Crippen molar-refractivity contribution in [3.8, 4) is 0 Å². The summed E-state index contributed by atoms with van der Waals surface area (Å²) in [5.74, 6) is 0.230. The molecule has 1 fully saturated rings. The first-order valence-corrected chi connectivity index (χ1v) is 7.86. The second-order valence-electron chi connectivity index (χ2n) is 5.28. The van der Waals surface area contributed by atoms with Gasteiger partial charge >= 0.3 is 0 Å². The minimum Gasteiger partial charge on any atom is -0.340 e. The van der Waals surface area contributed by atoms with E-state index in [1.165, 1.54) is 5.56 Å². The van der Waals surface area contributed by atoms with E-state index in [2.05, 4.69) is 38.3 Å². The van der Waals surface area contributed by atoms with E-state index in [-0.39, 0.29) is 5.91 Å². The van der Waals surface area contributed by atoms with Gasteiger partial charge in [0.15, 0.2) is 0 Å². The lowest BCUT2D eigenvalue weighted by atomic mass is 10.2. The summed E-state index contributed by atoms with van der Waals surface area (Å²) in [5.41, 5.74) is 1.22. The van der Waals surface area contributed by atoms with Gasteiger partial charge in [0.2, 0.25) is 5.91 Å². The van der Waals surface area contributed by atoms with E-state index in [1.807, 2.05) is 24.1 Å². The summed E-state index contributed by atoms with van der Waals surface area (Å²) in [6, 6.07) is 8.23. The average molecular weight is 340 g/mol. The molecule has 0 radical (unpaired) electrons. The first-order chi connectivity index (χ1) is 9.65. The van der Waals surface area contributed by atoms with Crippen LogP contribution >= 0.6 is 15.9 Å². The van der Waals surface area contributed by atoms with Gasteiger partial charge in [-0.2, -0.15) is 0 Å². The number of rotatable bonds is 4. The van der Waals surface area contributed by atoms with Crippen molar-refractivity contribution in [3.05, 3.63) is 34.3 Å². The van der Waals surface area contributed by atoms with Gasteiger partial charge in [-0.3, -0.25) is 9.69 Å². The van der Waals surface area contributed by atoms with Gasteiger partial charge in [-0.15, -0.1) is 0 Å². The summed E-state index contributed by atoms with van der Waals surface area (Å²) in [7, 11) is 2.00. The Morgan fingerprint density at radius 2 is 2.05 bits per heavy atom. The number of halogens is 1. The highest BCUT2D eigenvalue weighted by Crippen LogP contribution is 2.11. The SMILES string of the molecule is CN(CC(=O)N1CCCNCC1)Cc1ccc(Br)cc1. The molecule has 1 N–H and O–H groups in total. The molecule has 0 spiro atoms. The highest BCUT2D eigenvalue weighted by Gasteiger charge is 2.16. The molecule has 1 heterocycles. The van der Waals surface area contributed by atoms with Crippen molar-refractivity contribution in [2.24, 2.45) is 0 Å². The number of carbonyl (C=O) groups excluding carboxylic acids is 1. The Labute approximate surface area is 129 Å². The first-order valence-electron chi connectivity index (χ1n) is 7.06. The third-order valence-corrected chi connectivity index (χ3v) is 3.99. The molecule has 1 saturated heterocycles. The summed E-state index contributed by atoms with van der Waals surface area (Å²) in [6.45, 7) is 4.89. The lowest BCUT2D eigenvalue weighted by Gasteiger charge is -2.24. The van der Waals surface area contributed by atoms with Crippen LogP contribution in [0.1, 0.15) is 12.0 Å². The Bertz CT molecular complexity index is 427. The van der Waals surface area contributed by atoms with Crippen molar-refractivity contribution in [1.29, 1.82) is 0 Å². The molecule has 0 aromatic heterocycles. The number of amides is 1. The molecule has 1 amide bonds. The number of nitrogens with zero attached hydrogens (tertiary/aromatic N) is 2. The van der Waals surface area contributed by atoms with Gasteiger partial charge in [0, 0.05) is 30.7 Å². The molecule has 0 saturated carbocycles. The van der Waals surface area contributed by atoms with E-state index in [9.17, 15) is 4.79 Å². The Kier molecular flexibility index (Phi) is 6.01. The summed E-state index contributed by atoms with van der Waals surface area (Å²) in [6.07, 6.45) is 1.04. The molecule has 1 aromatic rings. The minimum atomic E-state index is 0.230. The lowest BCUT2D eigenvalue weighted by molar-refractivity contribution is -0.132. The van der Waals surface area contributed by atoms with Crippen LogP contribution < -0.4 is 5.32 Å². The van der Waals surface area contributed by atoms with Gasteiger partial charge in [0.05, 0.1) is 6.54 Å². The highest BCUT2D eigenvalue weighted by atomic mass is 79.9. The Morgan fingerprint density at radius 1 is 1.30 bits per heavy atom. The third-order valence-electron chi connectivity index (χ3n) is 3.46. The number of carbonyl (C=O) groups is 1. The largest absolute Gasteiger partial charge is 0.340 e. The van der Waals surface area contributed by atoms with Gasteiger partial charge < -0.3 is 10.2 Å². The predicted molar refractivity (Wildman–Crippen MR) is 84.5 cm³/mol. The smallest absolute Gasteiger partial charge is 0.236 e. The number of benzene rings is 1. The Balaban J connectivity index is 1.82. The topological polar surface area (TPSA) is 35.6 Å². The molecule has 2 rings (SSSR count). The lowest BCUT2D eigenvalue weighted by Crippen LogP contribution is -2.40. The van der Waals surface area contributed by atoms with E-state index >= 15 is 0 Å². The van der Waals surface area contributed by atoms with Crippen molar-refractivity contribution >= 4 is 21.8 Å². The van der Waals surface area contributed by atoms with Crippen LogP contribution in [0.3, 0.4) is 0 Å². The van der Waals surface area contributed by atoms with Crippen LogP contribution in [0.2, 0.25) is 0 Å². The maximum atomic E-state index is 12.3. The second kappa shape index (κ2) is 7.76. The molecule has 4 nitrogen and oxygen atoms in total. The Morgan fingerprint density at radius 3 is 2.80 bits per heavy atom. The fourth-order valence-corrected chi connectivity index (χ4v) is 2.65. The molecule has 20 heavy (non-hydrogen) atoms. The van der Waals surface area contributed by atoms with Crippen LogP contribution in [0, 0.1) is 0 Å². The summed E-state index contributed by atoms with van der Waals surface area (Å²) < 4.78 is 1.08. The van der Waals surface area contributed by atoms with Crippen molar-refractivity contribution in [3.63, 3.8) is 0 Å². The second-order valence-corrected chi connectivity index (χ2v) is 6.20. The fraction of sp³-hybridized carbons (Fsp3) is 0.533. The molecule has 0 bridgehead atoms. The van der Waals surface area contributed by atoms with Gasteiger partial charge in [-0.05, 0) is 37.7 Å². The van der Waals surface area contributed by atoms with E-state index in [1.54, 1.807) is 0 Å². The van der Waals surface area contributed by atoms with E-state index < -0.39 is 0 Å². The van der Waals surface area contributed by atoms with Crippen molar-refractivity contribution in [2.75, 3.05) is 39.8 Å². The Hall–Kier alpha value is -0.910. The zero-order valence-electron chi connectivity index (χ0n) is 11.9. The normalized spacial score (nSPS) is 16.2. The van der Waals surface area contributed by atoms with Crippen molar-refractivity contribution < 1.29 is 4.79 Å². The molecule has 0 aliphatic carbocycles. The molecule has 0 atom stereocenters. The molecule has 110 valence electrons. The average Bonchev–Trinajstić information content (AvgIpc) is 2.70. The first kappa shape index (κ1) is 15.5. The molecule has 0 unspecified atom stereocenters. The van der Waals surface area contributed by atoms with Gasteiger partial charge in [0.1, 0.15) is 0 Å². The minimum absolute atomic E-state index is 0.230. The van der Waals surface area contributed by atoms with Gasteiger partial charge in [-0.25, -0.2) is 0 Å². The van der Waals surface area contributed by atoms with Crippen LogP contribution in [-0.4, -0.2) is 55.5 Å². The van der Waals surface area contributed by atoms with Crippen LogP contribution in [0.4, 0.5) is 0 Å². The molecule has 5 heteroatoms. The molecule has 1 aliphatic rings. The molecular weight excluding hydrogens is 318 g/mol. The number of hydrogen-bond acceptors (Lipinski definition) is 3. The van der Waals surface area contributed by atoms with Crippen molar-refractivity contribution in [1.82, 2.24) is 15.1 Å². The maximum absolute atomic E-state index is 12.3. The number of nitrogens with one attached hydrogen (secondary N) is 1. The number of likely N-dealkylation sites (N-methyl/N-ethyl adjacent to an activating group) is 1. The third kappa shape index (κ3) is 4.89. The molecule has 1 aliphatic heterocycles. The highest BCUT2D eigenvalue weighted by molar-refractivity contribution is 9.10. The van der Waals surface area contributed by atoms with E-state index in [0.717, 1.165) is 43.6 Å². The van der Waals surface area contributed by atoms with E-state index in [4.69, 9.17) is 0 Å². The standard InChI is InChI=1S/C15H22BrN3O/c1-18(11-13-3-5-14(16)6-4-13)12-15(20)19-9-2-7-17-8-10-19/h3-6,17H,2,7-12H2,1H3. The molecule has 1 aromatic carbocycles. The van der Waals surface area contributed by atoms with Gasteiger partial charge in [-0.1, -0.05) is 28.1 Å². The van der Waals surface area contributed by atoms with Crippen LogP contribution in [0.15, 0.2) is 28.7 Å². The maximum Gasteiger partial charge on any atom is 0.236 e. The van der Waals surface area contributed by atoms with Crippen LogP contribution in [-0.2, 0) is 11.3 Å². The summed E-state index contributed by atoms with van der Waals surface area (Å²) in [4.78, 5) is 16.3. The summed E-state index contributed by atoms with van der Waals surface area (Å²) >= 11 is 3.43. The number of hydrogen-bond donors (Lipinski definition) is 1.